The Kier molecular flexibility index (Phi) is 26.0. The maximum absolute atomic E-state index is 7.82. The summed E-state index contributed by atoms with van der Waals surface area (Å²) in [5.41, 5.74) is -0.694. The van der Waals surface area contributed by atoms with E-state index in [2.05, 4.69) is 38.1 Å². The Balaban J connectivity index is 0. The fraction of sp³-hybridized carbons (Fsp3) is 0.909. The number of alkyl halides is 1. The second-order valence-corrected chi connectivity index (χ2v) is 7.95. The number of allylic oxidation sites excluding steroid dienone is 2. The van der Waals surface area contributed by atoms with Crippen LogP contribution in [0.3, 0.4) is 0 Å². The van der Waals surface area contributed by atoms with Gasteiger partial charge < -0.3 is 10.0 Å². The van der Waals surface area contributed by atoms with E-state index < -0.39 is 5.56 Å². The number of rotatable bonds is 16. The minimum Gasteiger partial charge on any atom is -0.378 e. The average molecular weight is 376 g/mol. The molecule has 0 saturated heterocycles. The molecule has 0 amide bonds. The molecule has 0 aliphatic carbocycles. The highest BCUT2D eigenvalue weighted by Gasteiger charge is 1.92. The molecule has 0 fully saturated rings. The summed E-state index contributed by atoms with van der Waals surface area (Å²) in [6.07, 6.45) is 24.3. The Morgan fingerprint density at radius 2 is 1.12 bits per heavy atom. The predicted molar refractivity (Wildman–Crippen MR) is 116 cm³/mol. The van der Waals surface area contributed by atoms with E-state index in [9.17, 15) is 0 Å². The Morgan fingerprint density at radius 1 is 0.760 bits per heavy atom. The lowest BCUT2D eigenvalue weighted by atomic mass is 10.1. The number of unbranched alkanes of at least 4 members (excludes halogenated alkanes) is 12. The third-order valence-corrected chi connectivity index (χ3v) is 4.12. The van der Waals surface area contributed by atoms with Gasteiger partial charge in [-0.3, -0.25) is 0 Å². The molecule has 2 nitrogen and oxygen atoms in total. The van der Waals surface area contributed by atoms with Gasteiger partial charge in [-0.25, -0.2) is 0 Å². The topological polar surface area (TPSA) is 23.5 Å². The first-order chi connectivity index (χ1) is 12.0. The van der Waals surface area contributed by atoms with Crippen LogP contribution in [-0.2, 0) is 0 Å². The minimum absolute atomic E-state index is 0.694. The van der Waals surface area contributed by atoms with Crippen LogP contribution in [0.1, 0.15) is 104 Å². The van der Waals surface area contributed by atoms with E-state index in [-0.39, 0.29) is 0 Å². The second kappa shape index (κ2) is 23.9. The van der Waals surface area contributed by atoms with E-state index >= 15 is 0 Å². The normalized spacial score (nSPS) is 12.4. The van der Waals surface area contributed by atoms with Gasteiger partial charge in [0.2, 0.25) is 0 Å². The van der Waals surface area contributed by atoms with Crippen molar-refractivity contribution in [3.8, 4) is 0 Å². The van der Waals surface area contributed by atoms with Crippen LogP contribution >= 0.6 is 11.6 Å². The van der Waals surface area contributed by atoms with Gasteiger partial charge >= 0.3 is 0 Å². The molecule has 0 aromatic heterocycles. The molecule has 1 N–H and O–H groups in total. The van der Waals surface area contributed by atoms with Crippen molar-refractivity contribution in [2.24, 2.45) is 0 Å². The van der Waals surface area contributed by atoms with Crippen LogP contribution < -0.4 is 0 Å². The van der Waals surface area contributed by atoms with E-state index in [1.54, 1.807) is 0 Å². The third-order valence-electron chi connectivity index (χ3n) is 4.12. The fourth-order valence-corrected chi connectivity index (χ4v) is 2.68. The molecule has 152 valence electrons. The highest BCUT2D eigenvalue weighted by atomic mass is 35.5. The van der Waals surface area contributed by atoms with Crippen molar-refractivity contribution in [1.82, 2.24) is 4.90 Å². The van der Waals surface area contributed by atoms with Gasteiger partial charge in [-0.1, -0.05) is 88.5 Å². The van der Waals surface area contributed by atoms with Crippen LogP contribution in [0.4, 0.5) is 0 Å². The molecule has 0 radical (unpaired) electrons. The maximum Gasteiger partial charge on any atom is 0.125 e. The Labute approximate surface area is 164 Å². The van der Waals surface area contributed by atoms with Gasteiger partial charge in [0.1, 0.15) is 5.56 Å². The first kappa shape index (κ1) is 27.2. The molecule has 25 heavy (non-hydrogen) atoms. The van der Waals surface area contributed by atoms with Crippen LogP contribution in [0.5, 0.6) is 0 Å². The molecule has 1 atom stereocenters. The monoisotopic (exact) mass is 375 g/mol. The summed E-state index contributed by atoms with van der Waals surface area (Å²) in [6.45, 7) is 5.02. The van der Waals surface area contributed by atoms with Crippen molar-refractivity contribution >= 4 is 11.6 Å². The molecular weight excluding hydrogens is 330 g/mol. The SMILES string of the molecule is CC(O)Cl.CCCCCCCC/C=C\CCCCCCCCN(C)C. The van der Waals surface area contributed by atoms with Crippen LogP contribution in [0.15, 0.2) is 12.2 Å². The lowest BCUT2D eigenvalue weighted by molar-refractivity contribution is 0.277. The van der Waals surface area contributed by atoms with E-state index in [0.717, 1.165) is 0 Å². The smallest absolute Gasteiger partial charge is 0.125 e. The largest absolute Gasteiger partial charge is 0.378 e. The third kappa shape index (κ3) is 35.8. The number of hydrogen-bond donors (Lipinski definition) is 1. The first-order valence-electron chi connectivity index (χ1n) is 10.6. The van der Waals surface area contributed by atoms with Gasteiger partial charge in [0.15, 0.2) is 0 Å². The molecule has 0 aromatic rings. The standard InChI is InChI=1S/C20H41N.C2H5ClO/c1-4-5-6-7-8-9-10-11-12-13-14-15-16-17-18-19-20-21(2)3;1-2(3)4/h11-12H,4-10,13-20H2,1-3H3;2,4H,1H3/b12-11-;. The van der Waals surface area contributed by atoms with Crippen molar-refractivity contribution < 1.29 is 5.11 Å². The zero-order valence-electron chi connectivity index (χ0n) is 17.6. The fourth-order valence-electron chi connectivity index (χ4n) is 2.68. The number of nitrogens with zero attached hydrogens (tertiary/aromatic N) is 1. The lowest BCUT2D eigenvalue weighted by Gasteiger charge is -2.08. The van der Waals surface area contributed by atoms with E-state index in [1.807, 2.05) is 0 Å². The molecule has 0 spiro atoms. The van der Waals surface area contributed by atoms with Crippen LogP contribution in [0, 0.1) is 0 Å². The molecule has 0 heterocycles. The number of hydrogen-bond acceptors (Lipinski definition) is 2. The summed E-state index contributed by atoms with van der Waals surface area (Å²) in [7, 11) is 4.33. The number of aliphatic hydroxyl groups is 1. The zero-order valence-corrected chi connectivity index (χ0v) is 18.4. The summed E-state index contributed by atoms with van der Waals surface area (Å²) in [6, 6.07) is 0. The predicted octanol–water partition coefficient (Wildman–Crippen LogP) is 7.15. The summed E-state index contributed by atoms with van der Waals surface area (Å²) in [5, 5.41) is 7.82. The molecule has 0 aromatic carbocycles. The van der Waals surface area contributed by atoms with Crippen LogP contribution in [0.2, 0.25) is 0 Å². The van der Waals surface area contributed by atoms with E-state index in [4.69, 9.17) is 16.7 Å². The van der Waals surface area contributed by atoms with Crippen molar-refractivity contribution in [3.05, 3.63) is 12.2 Å². The second-order valence-electron chi connectivity index (χ2n) is 7.32. The Bertz CT molecular complexity index is 252. The summed E-state index contributed by atoms with van der Waals surface area (Å²) in [4.78, 5) is 2.29. The van der Waals surface area contributed by atoms with Gasteiger partial charge in [0, 0.05) is 0 Å². The molecule has 3 heteroatoms. The van der Waals surface area contributed by atoms with Crippen LogP contribution in [-0.4, -0.2) is 36.2 Å². The van der Waals surface area contributed by atoms with Gasteiger partial charge in [-0.2, -0.15) is 0 Å². The van der Waals surface area contributed by atoms with E-state index in [1.165, 1.54) is 103 Å². The van der Waals surface area contributed by atoms with Gasteiger partial charge in [0.05, 0.1) is 0 Å². The van der Waals surface area contributed by atoms with Gasteiger partial charge in [0.25, 0.3) is 0 Å². The maximum atomic E-state index is 7.82. The van der Waals surface area contributed by atoms with Gasteiger partial charge in [-0.15, -0.1) is 0 Å². The zero-order chi connectivity index (χ0) is 19.2. The molecule has 0 saturated carbocycles. The minimum atomic E-state index is -0.694. The lowest BCUT2D eigenvalue weighted by Crippen LogP contribution is -2.12. The van der Waals surface area contributed by atoms with Gasteiger partial charge in [-0.05, 0) is 59.7 Å². The van der Waals surface area contributed by atoms with Crippen molar-refractivity contribution in [3.63, 3.8) is 0 Å². The molecule has 0 aliphatic heterocycles. The Hall–Kier alpha value is -0.0500. The molecular formula is C22H46ClNO. The number of halogens is 1. The molecule has 0 aliphatic rings. The molecule has 1 unspecified atom stereocenters. The molecule has 0 rings (SSSR count). The summed E-state index contributed by atoms with van der Waals surface area (Å²) < 4.78 is 0. The Morgan fingerprint density at radius 3 is 1.52 bits per heavy atom. The first-order valence-corrected chi connectivity index (χ1v) is 11.1. The number of aliphatic hydroxyl groups excluding tert-OH is 1. The summed E-state index contributed by atoms with van der Waals surface area (Å²) in [5.74, 6) is 0. The van der Waals surface area contributed by atoms with Crippen molar-refractivity contribution in [1.29, 1.82) is 0 Å². The summed E-state index contributed by atoms with van der Waals surface area (Å²) >= 11 is 4.83. The van der Waals surface area contributed by atoms with Crippen molar-refractivity contribution in [2.75, 3.05) is 20.6 Å². The highest BCUT2D eigenvalue weighted by molar-refractivity contribution is 6.19. The van der Waals surface area contributed by atoms with E-state index in [0.29, 0.717) is 0 Å². The van der Waals surface area contributed by atoms with Crippen LogP contribution in [0.25, 0.3) is 0 Å². The van der Waals surface area contributed by atoms with Crippen molar-refractivity contribution in [2.45, 2.75) is 109 Å². The highest BCUT2D eigenvalue weighted by Crippen LogP contribution is 2.09. The molecule has 0 bridgehead atoms. The average Bonchev–Trinajstić information content (AvgIpc) is 2.53. The quantitative estimate of drug-likeness (QED) is 0.176.